The molecule has 0 aliphatic heterocycles. The predicted molar refractivity (Wildman–Crippen MR) is 117 cm³/mol. The molecule has 1 aromatic heterocycles. The van der Waals surface area contributed by atoms with Crippen molar-refractivity contribution in [3.8, 4) is 0 Å². The van der Waals surface area contributed by atoms with Crippen molar-refractivity contribution in [2.45, 2.75) is 43.9 Å². The number of carbonyl (C=O) groups excluding carboxylic acids is 1. The fourth-order valence-electron chi connectivity index (χ4n) is 6.73. The van der Waals surface area contributed by atoms with Crippen molar-refractivity contribution in [2.75, 3.05) is 0 Å². The highest BCUT2D eigenvalue weighted by Crippen LogP contribution is 2.60. The highest BCUT2D eigenvalue weighted by atomic mass is 16.2. The van der Waals surface area contributed by atoms with Gasteiger partial charge in [-0.1, -0.05) is 42.5 Å². The van der Waals surface area contributed by atoms with E-state index in [1.165, 1.54) is 38.5 Å². The first-order valence-corrected chi connectivity index (χ1v) is 11.1. The fourth-order valence-corrected chi connectivity index (χ4v) is 6.73. The minimum atomic E-state index is -0.265. The predicted octanol–water partition coefficient (Wildman–Crippen LogP) is 4.79. The fraction of sp³-hybridized carbons (Fsp3) is 0.400. The molecule has 4 aliphatic carbocycles. The van der Waals surface area contributed by atoms with Gasteiger partial charge in [-0.05, 0) is 73.1 Å². The molecular weight excluding hydrogens is 372 g/mol. The molecule has 2 N–H and O–H groups in total. The molecule has 4 saturated carbocycles. The quantitative estimate of drug-likeness (QED) is 0.490. The smallest absolute Gasteiger partial charge is 0.281 e. The second-order valence-electron chi connectivity index (χ2n) is 9.63. The molecule has 5 nitrogen and oxygen atoms in total. The molecule has 30 heavy (non-hydrogen) atoms. The number of aromatic amines is 1. The standard InChI is InChI=1S/C25H26N4O/c30-24(29-26-15-20-6-3-5-19-4-1-2-7-21(19)20)22-11-23(28-27-22)25-12-16-8-17(13-25)10-18(9-16)14-25/h1-7,11,15-18H,8-10,12-14H2,(H,27,28)(H,29,30). The summed E-state index contributed by atoms with van der Waals surface area (Å²) in [6, 6.07) is 16.2. The van der Waals surface area contributed by atoms with E-state index in [4.69, 9.17) is 0 Å². The van der Waals surface area contributed by atoms with Gasteiger partial charge in [-0.3, -0.25) is 9.89 Å². The maximum absolute atomic E-state index is 12.6. The summed E-state index contributed by atoms with van der Waals surface area (Å²) in [5.41, 5.74) is 5.42. The lowest BCUT2D eigenvalue weighted by molar-refractivity contribution is -0.00721. The van der Waals surface area contributed by atoms with Crippen LogP contribution in [0.5, 0.6) is 0 Å². The Labute approximate surface area is 176 Å². The van der Waals surface area contributed by atoms with Gasteiger partial charge in [0.05, 0.1) is 6.21 Å². The second-order valence-corrected chi connectivity index (χ2v) is 9.63. The Balaban J connectivity index is 1.18. The number of nitrogens with one attached hydrogen (secondary N) is 2. The van der Waals surface area contributed by atoms with Crippen LogP contribution in [0.4, 0.5) is 0 Å². The Bertz CT molecular complexity index is 1100. The molecule has 0 unspecified atom stereocenters. The third-order valence-corrected chi connectivity index (χ3v) is 7.61. The minimum absolute atomic E-state index is 0.215. The van der Waals surface area contributed by atoms with Crippen LogP contribution in [-0.2, 0) is 5.41 Å². The Hall–Kier alpha value is -2.95. The average Bonchev–Trinajstić information content (AvgIpc) is 3.24. The van der Waals surface area contributed by atoms with Crippen LogP contribution in [0.3, 0.4) is 0 Å². The van der Waals surface area contributed by atoms with E-state index in [-0.39, 0.29) is 11.3 Å². The summed E-state index contributed by atoms with van der Waals surface area (Å²) in [7, 11) is 0. The number of H-pyrrole nitrogens is 1. The highest BCUT2D eigenvalue weighted by molar-refractivity contribution is 6.00. The molecule has 7 rings (SSSR count). The highest BCUT2D eigenvalue weighted by Gasteiger charge is 2.52. The van der Waals surface area contributed by atoms with Crippen molar-refractivity contribution in [3.05, 3.63) is 65.5 Å². The van der Waals surface area contributed by atoms with Crippen LogP contribution in [-0.4, -0.2) is 22.3 Å². The molecule has 152 valence electrons. The molecule has 3 aromatic rings. The monoisotopic (exact) mass is 398 g/mol. The lowest BCUT2D eigenvalue weighted by Crippen LogP contribution is -2.48. The maximum Gasteiger partial charge on any atom is 0.291 e. The third kappa shape index (κ3) is 2.95. The number of rotatable bonds is 4. The molecule has 2 aromatic carbocycles. The molecular formula is C25H26N4O. The summed E-state index contributed by atoms with van der Waals surface area (Å²) in [5.74, 6) is 2.32. The van der Waals surface area contributed by atoms with Gasteiger partial charge in [-0.15, -0.1) is 0 Å². The van der Waals surface area contributed by atoms with Gasteiger partial charge in [-0.25, -0.2) is 5.43 Å². The number of hydrogen-bond acceptors (Lipinski definition) is 3. The molecule has 0 radical (unpaired) electrons. The van der Waals surface area contributed by atoms with Crippen LogP contribution >= 0.6 is 0 Å². The van der Waals surface area contributed by atoms with Crippen molar-refractivity contribution in [1.29, 1.82) is 0 Å². The summed E-state index contributed by atoms with van der Waals surface area (Å²) in [6.07, 6.45) is 9.67. The maximum atomic E-state index is 12.6. The van der Waals surface area contributed by atoms with E-state index >= 15 is 0 Å². The van der Waals surface area contributed by atoms with Gasteiger partial charge in [0.15, 0.2) is 5.69 Å². The largest absolute Gasteiger partial charge is 0.291 e. The van der Waals surface area contributed by atoms with Crippen LogP contribution in [0.25, 0.3) is 10.8 Å². The zero-order valence-electron chi connectivity index (χ0n) is 17.0. The lowest BCUT2D eigenvalue weighted by Gasteiger charge is -2.56. The van der Waals surface area contributed by atoms with Crippen molar-refractivity contribution in [1.82, 2.24) is 15.6 Å². The number of amides is 1. The van der Waals surface area contributed by atoms with Gasteiger partial charge in [0.1, 0.15) is 0 Å². The molecule has 0 atom stereocenters. The molecule has 4 bridgehead atoms. The number of fused-ring (bicyclic) bond motifs is 1. The first-order valence-electron chi connectivity index (χ1n) is 11.1. The lowest BCUT2D eigenvalue weighted by atomic mass is 9.49. The zero-order chi connectivity index (χ0) is 20.1. The average molecular weight is 399 g/mol. The van der Waals surface area contributed by atoms with E-state index in [0.717, 1.165) is 39.8 Å². The van der Waals surface area contributed by atoms with Crippen molar-refractivity contribution in [2.24, 2.45) is 22.9 Å². The molecule has 1 heterocycles. The van der Waals surface area contributed by atoms with E-state index in [0.29, 0.717) is 5.69 Å². The number of aromatic nitrogens is 2. The van der Waals surface area contributed by atoms with Crippen LogP contribution in [0.1, 0.15) is 60.3 Å². The Morgan fingerprint density at radius 3 is 2.50 bits per heavy atom. The van der Waals surface area contributed by atoms with Crippen LogP contribution in [0.15, 0.2) is 53.6 Å². The van der Waals surface area contributed by atoms with Crippen molar-refractivity contribution >= 4 is 22.9 Å². The summed E-state index contributed by atoms with van der Waals surface area (Å²) in [6.45, 7) is 0. The summed E-state index contributed by atoms with van der Waals surface area (Å²) in [5, 5.41) is 14.0. The van der Waals surface area contributed by atoms with E-state index in [1.54, 1.807) is 6.21 Å². The van der Waals surface area contributed by atoms with Gasteiger partial charge >= 0.3 is 0 Å². The van der Waals surface area contributed by atoms with Gasteiger partial charge in [0, 0.05) is 16.7 Å². The first kappa shape index (κ1) is 17.9. The van der Waals surface area contributed by atoms with Crippen LogP contribution in [0, 0.1) is 17.8 Å². The van der Waals surface area contributed by atoms with E-state index in [9.17, 15) is 4.79 Å². The molecule has 1 amide bonds. The minimum Gasteiger partial charge on any atom is -0.281 e. The van der Waals surface area contributed by atoms with Crippen molar-refractivity contribution < 1.29 is 4.79 Å². The Kier molecular flexibility index (Phi) is 4.05. The second kappa shape index (κ2) is 6.79. The van der Waals surface area contributed by atoms with E-state index < -0.39 is 0 Å². The summed E-state index contributed by atoms with van der Waals surface area (Å²) in [4.78, 5) is 12.6. The van der Waals surface area contributed by atoms with E-state index in [2.05, 4.69) is 38.9 Å². The number of nitrogens with zero attached hydrogens (tertiary/aromatic N) is 2. The zero-order valence-corrected chi connectivity index (χ0v) is 17.0. The number of hydrogen-bond donors (Lipinski definition) is 2. The third-order valence-electron chi connectivity index (χ3n) is 7.61. The number of benzene rings is 2. The SMILES string of the molecule is O=C(NN=Cc1cccc2ccccc12)c1cc(C23CC4CC(CC(C4)C2)C3)[nH]n1. The molecule has 5 heteroatoms. The topological polar surface area (TPSA) is 70.1 Å². The van der Waals surface area contributed by atoms with Crippen LogP contribution in [0.2, 0.25) is 0 Å². The van der Waals surface area contributed by atoms with Gasteiger partial charge in [-0.2, -0.15) is 10.2 Å². The van der Waals surface area contributed by atoms with Gasteiger partial charge in [0.25, 0.3) is 5.91 Å². The normalized spacial score (nSPS) is 29.7. The molecule has 0 spiro atoms. The Morgan fingerprint density at radius 1 is 1.03 bits per heavy atom. The van der Waals surface area contributed by atoms with E-state index in [1.807, 2.05) is 30.3 Å². The van der Waals surface area contributed by atoms with Gasteiger partial charge in [0.2, 0.25) is 0 Å². The van der Waals surface area contributed by atoms with Crippen molar-refractivity contribution in [3.63, 3.8) is 0 Å². The molecule has 4 aliphatic rings. The first-order chi connectivity index (χ1) is 14.7. The molecule has 0 saturated heterocycles. The molecule has 4 fully saturated rings. The number of carbonyl (C=O) groups is 1. The number of hydrazone groups is 1. The summed E-state index contributed by atoms with van der Waals surface area (Å²) < 4.78 is 0. The summed E-state index contributed by atoms with van der Waals surface area (Å²) >= 11 is 0. The van der Waals surface area contributed by atoms with Gasteiger partial charge < -0.3 is 0 Å². The Morgan fingerprint density at radius 2 is 1.73 bits per heavy atom. The van der Waals surface area contributed by atoms with Crippen LogP contribution < -0.4 is 5.43 Å².